The third kappa shape index (κ3) is 3.89. The third-order valence-corrected chi connectivity index (χ3v) is 3.98. The number of rotatable bonds is 7. The molecule has 0 bridgehead atoms. The molecule has 0 spiro atoms. The van der Waals surface area contributed by atoms with Gasteiger partial charge in [0, 0.05) is 31.1 Å². The maximum Gasteiger partial charge on any atom is 0.129 e. The number of hydrogen-bond donors (Lipinski definition) is 1. The van der Waals surface area contributed by atoms with Crippen molar-refractivity contribution in [2.24, 2.45) is 5.73 Å². The number of nitrogens with zero attached hydrogens (tertiary/aromatic N) is 2. The van der Waals surface area contributed by atoms with Crippen molar-refractivity contribution in [1.29, 1.82) is 0 Å². The lowest BCUT2D eigenvalue weighted by Gasteiger charge is -2.28. The summed E-state index contributed by atoms with van der Waals surface area (Å²) in [5.41, 5.74) is 8.05. The van der Waals surface area contributed by atoms with Gasteiger partial charge in [-0.1, -0.05) is 13.8 Å². The molecule has 1 rings (SSSR count). The quantitative estimate of drug-likeness (QED) is 0.825. The maximum absolute atomic E-state index is 5.76. The second kappa shape index (κ2) is 7.64. The second-order valence-corrected chi connectivity index (χ2v) is 5.42. The Morgan fingerprint density at radius 3 is 2.61 bits per heavy atom. The topological polar surface area (TPSA) is 42.1 Å². The van der Waals surface area contributed by atoms with E-state index >= 15 is 0 Å². The average molecular weight is 267 g/mol. The summed E-state index contributed by atoms with van der Waals surface area (Å²) in [5.74, 6) is 2.18. The van der Waals surface area contributed by atoms with E-state index in [-0.39, 0.29) is 0 Å². The highest BCUT2D eigenvalue weighted by Crippen LogP contribution is 2.19. The Hall–Kier alpha value is -0.740. The van der Waals surface area contributed by atoms with Gasteiger partial charge in [0.2, 0.25) is 0 Å². The molecule has 1 aromatic heterocycles. The van der Waals surface area contributed by atoms with Crippen LogP contribution in [0.15, 0.2) is 12.1 Å². The molecule has 2 N–H and O–H groups in total. The minimum Gasteiger partial charge on any atom is -0.356 e. The van der Waals surface area contributed by atoms with Crippen LogP contribution < -0.4 is 10.6 Å². The Labute approximate surface area is 115 Å². The average Bonchev–Trinajstić information content (AvgIpc) is 2.43. The summed E-state index contributed by atoms with van der Waals surface area (Å²) >= 11 is 1.88. The monoisotopic (exact) mass is 267 g/mol. The smallest absolute Gasteiger partial charge is 0.129 e. The summed E-state index contributed by atoms with van der Waals surface area (Å²) in [6.45, 7) is 4.94. The zero-order valence-corrected chi connectivity index (χ0v) is 12.8. The van der Waals surface area contributed by atoms with Crippen molar-refractivity contribution in [3.8, 4) is 0 Å². The minimum absolute atomic E-state index is 0.533. The first kappa shape index (κ1) is 15.3. The van der Waals surface area contributed by atoms with E-state index in [1.807, 2.05) is 11.8 Å². The van der Waals surface area contributed by atoms with Crippen LogP contribution in [-0.4, -0.2) is 30.1 Å². The Kier molecular flexibility index (Phi) is 6.50. The summed E-state index contributed by atoms with van der Waals surface area (Å²) in [6, 6.07) is 4.75. The van der Waals surface area contributed by atoms with E-state index in [2.05, 4.69) is 44.2 Å². The molecule has 18 heavy (non-hydrogen) atoms. The van der Waals surface area contributed by atoms with E-state index in [1.54, 1.807) is 0 Å². The molecule has 102 valence electrons. The van der Waals surface area contributed by atoms with Gasteiger partial charge in [-0.3, -0.25) is 0 Å². The number of nitrogens with two attached hydrogens (primary N) is 1. The number of aryl methyl sites for hydroxylation is 1. The molecule has 0 amide bonds. The van der Waals surface area contributed by atoms with Gasteiger partial charge in [0.25, 0.3) is 0 Å². The van der Waals surface area contributed by atoms with Crippen molar-refractivity contribution in [1.82, 2.24) is 4.98 Å². The fraction of sp³-hybridized carbons (Fsp3) is 0.643. The summed E-state index contributed by atoms with van der Waals surface area (Å²) < 4.78 is 0. The number of pyridine rings is 1. The molecular weight excluding hydrogens is 242 g/mol. The van der Waals surface area contributed by atoms with Crippen LogP contribution >= 0.6 is 11.8 Å². The van der Waals surface area contributed by atoms with E-state index in [4.69, 9.17) is 10.7 Å². The molecule has 0 fully saturated rings. The largest absolute Gasteiger partial charge is 0.356 e. The van der Waals surface area contributed by atoms with Gasteiger partial charge in [-0.25, -0.2) is 4.98 Å². The minimum atomic E-state index is 0.533. The first-order valence-corrected chi connectivity index (χ1v) is 7.97. The van der Waals surface area contributed by atoms with E-state index in [9.17, 15) is 0 Å². The summed E-state index contributed by atoms with van der Waals surface area (Å²) in [7, 11) is 2.13. The van der Waals surface area contributed by atoms with Crippen LogP contribution in [0.2, 0.25) is 0 Å². The number of aromatic nitrogens is 1. The molecule has 0 aliphatic carbocycles. The molecule has 0 saturated heterocycles. The maximum atomic E-state index is 5.76. The van der Waals surface area contributed by atoms with Gasteiger partial charge in [-0.05, 0) is 36.8 Å². The highest BCUT2D eigenvalue weighted by molar-refractivity contribution is 7.98. The van der Waals surface area contributed by atoms with Gasteiger partial charge in [0.15, 0.2) is 0 Å². The molecule has 0 radical (unpaired) electrons. The molecule has 1 unspecified atom stereocenters. The first-order valence-electron chi connectivity index (χ1n) is 6.57. The Bertz CT molecular complexity index is 346. The van der Waals surface area contributed by atoms with Gasteiger partial charge in [-0.2, -0.15) is 11.8 Å². The van der Waals surface area contributed by atoms with Crippen LogP contribution in [0.4, 0.5) is 5.82 Å². The predicted molar refractivity (Wildman–Crippen MR) is 82.4 cm³/mol. The summed E-state index contributed by atoms with van der Waals surface area (Å²) in [4.78, 5) is 7.00. The molecule has 3 nitrogen and oxygen atoms in total. The van der Waals surface area contributed by atoms with Gasteiger partial charge in [-0.15, -0.1) is 0 Å². The molecule has 4 heteroatoms. The van der Waals surface area contributed by atoms with E-state index < -0.39 is 0 Å². The molecule has 1 aromatic rings. The van der Waals surface area contributed by atoms with Crippen LogP contribution in [0.3, 0.4) is 0 Å². The molecule has 1 atom stereocenters. The van der Waals surface area contributed by atoms with Crippen molar-refractivity contribution in [2.45, 2.75) is 39.3 Å². The second-order valence-electron chi connectivity index (χ2n) is 4.51. The van der Waals surface area contributed by atoms with Crippen molar-refractivity contribution in [3.05, 3.63) is 23.4 Å². The molecule has 0 aliphatic rings. The fourth-order valence-corrected chi connectivity index (χ4v) is 2.84. The fourth-order valence-electron chi connectivity index (χ4n) is 2.00. The number of anilines is 1. The Morgan fingerprint density at radius 2 is 2.11 bits per heavy atom. The lowest BCUT2D eigenvalue weighted by molar-refractivity contribution is 0.664. The van der Waals surface area contributed by atoms with Gasteiger partial charge < -0.3 is 10.6 Å². The van der Waals surface area contributed by atoms with Crippen molar-refractivity contribution >= 4 is 17.6 Å². The van der Waals surface area contributed by atoms with Crippen LogP contribution in [-0.2, 0) is 13.0 Å². The number of thioether (sulfide) groups is 1. The lowest BCUT2D eigenvalue weighted by Crippen LogP contribution is -2.34. The molecule has 0 aliphatic heterocycles. The predicted octanol–water partition coefficient (Wildman–Crippen LogP) is 2.68. The SMILES string of the molecule is CCc1cc(CN)cc(N(C)C(CC)CSC)n1. The van der Waals surface area contributed by atoms with Crippen LogP contribution in [0, 0.1) is 0 Å². The highest BCUT2D eigenvalue weighted by atomic mass is 32.2. The van der Waals surface area contributed by atoms with Gasteiger partial charge in [0.1, 0.15) is 5.82 Å². The molecular formula is C14H25N3S. The highest BCUT2D eigenvalue weighted by Gasteiger charge is 2.14. The Balaban J connectivity index is 2.98. The molecule has 1 heterocycles. The van der Waals surface area contributed by atoms with Gasteiger partial charge in [0.05, 0.1) is 0 Å². The third-order valence-electron chi connectivity index (χ3n) is 3.26. The first-order chi connectivity index (χ1) is 8.65. The summed E-state index contributed by atoms with van der Waals surface area (Å²) in [6.07, 6.45) is 4.24. The zero-order chi connectivity index (χ0) is 13.5. The summed E-state index contributed by atoms with van der Waals surface area (Å²) in [5, 5.41) is 0. The number of hydrogen-bond acceptors (Lipinski definition) is 4. The lowest BCUT2D eigenvalue weighted by atomic mass is 10.1. The zero-order valence-electron chi connectivity index (χ0n) is 11.9. The van der Waals surface area contributed by atoms with Crippen LogP contribution in [0.5, 0.6) is 0 Å². The van der Waals surface area contributed by atoms with E-state index in [0.29, 0.717) is 12.6 Å². The standard InChI is InChI=1S/C14H25N3S/c1-5-12-7-11(9-15)8-14(16-12)17(3)13(6-2)10-18-4/h7-8,13H,5-6,9-10,15H2,1-4H3. The normalized spacial score (nSPS) is 12.5. The van der Waals surface area contributed by atoms with Crippen molar-refractivity contribution in [2.75, 3.05) is 24.0 Å². The molecule has 0 aromatic carbocycles. The van der Waals surface area contributed by atoms with Crippen LogP contribution in [0.1, 0.15) is 31.5 Å². The van der Waals surface area contributed by atoms with Crippen molar-refractivity contribution < 1.29 is 0 Å². The van der Waals surface area contributed by atoms with Crippen molar-refractivity contribution in [3.63, 3.8) is 0 Å². The van der Waals surface area contributed by atoms with E-state index in [0.717, 1.165) is 30.1 Å². The van der Waals surface area contributed by atoms with E-state index in [1.165, 1.54) is 5.56 Å². The molecule has 0 saturated carbocycles. The Morgan fingerprint density at radius 1 is 1.39 bits per heavy atom. The van der Waals surface area contributed by atoms with Crippen LogP contribution in [0.25, 0.3) is 0 Å². The van der Waals surface area contributed by atoms with Gasteiger partial charge >= 0.3 is 0 Å².